The van der Waals surface area contributed by atoms with Gasteiger partial charge in [-0.05, 0) is 36.4 Å². The molecule has 0 saturated carbocycles. The summed E-state index contributed by atoms with van der Waals surface area (Å²) >= 11 is 0. The molecule has 0 radical (unpaired) electrons. The SMILES string of the molecule is COc1ccc2oc(-c3ccc(N(C)C)nc3)cc2c1. The van der Waals surface area contributed by atoms with Crippen LogP contribution in [0, 0.1) is 0 Å². The topological polar surface area (TPSA) is 38.5 Å². The van der Waals surface area contributed by atoms with Crippen molar-refractivity contribution in [3.63, 3.8) is 0 Å². The van der Waals surface area contributed by atoms with Crippen LogP contribution in [0.4, 0.5) is 5.82 Å². The summed E-state index contributed by atoms with van der Waals surface area (Å²) in [6.07, 6.45) is 1.82. The fourth-order valence-corrected chi connectivity index (χ4v) is 2.09. The first-order valence-corrected chi connectivity index (χ1v) is 6.39. The van der Waals surface area contributed by atoms with Gasteiger partial charge in [0.25, 0.3) is 0 Å². The molecule has 0 spiro atoms. The lowest BCUT2D eigenvalue weighted by molar-refractivity contribution is 0.415. The van der Waals surface area contributed by atoms with Gasteiger partial charge in [-0.2, -0.15) is 0 Å². The van der Waals surface area contributed by atoms with Crippen molar-refractivity contribution in [3.05, 3.63) is 42.6 Å². The summed E-state index contributed by atoms with van der Waals surface area (Å²) in [5.74, 6) is 2.56. The number of hydrogen-bond acceptors (Lipinski definition) is 4. The average molecular weight is 268 g/mol. The van der Waals surface area contributed by atoms with Crippen LogP contribution in [0.3, 0.4) is 0 Å². The summed E-state index contributed by atoms with van der Waals surface area (Å²) in [6.45, 7) is 0. The van der Waals surface area contributed by atoms with Gasteiger partial charge in [0.05, 0.1) is 7.11 Å². The predicted molar refractivity (Wildman–Crippen MR) is 80.3 cm³/mol. The number of nitrogens with zero attached hydrogens (tertiary/aromatic N) is 2. The molecule has 0 atom stereocenters. The highest BCUT2D eigenvalue weighted by Gasteiger charge is 2.08. The normalized spacial score (nSPS) is 10.8. The molecule has 4 heteroatoms. The Labute approximate surface area is 117 Å². The number of rotatable bonds is 3. The summed E-state index contributed by atoms with van der Waals surface area (Å²) in [5.41, 5.74) is 1.81. The van der Waals surface area contributed by atoms with Crippen molar-refractivity contribution in [3.8, 4) is 17.1 Å². The zero-order chi connectivity index (χ0) is 14.1. The minimum atomic E-state index is 0.811. The van der Waals surface area contributed by atoms with Gasteiger partial charge < -0.3 is 14.1 Å². The number of hydrogen-bond donors (Lipinski definition) is 0. The minimum absolute atomic E-state index is 0.811. The van der Waals surface area contributed by atoms with Crippen LogP contribution < -0.4 is 9.64 Å². The number of benzene rings is 1. The molecule has 0 unspecified atom stereocenters. The number of pyridine rings is 1. The van der Waals surface area contributed by atoms with Crippen molar-refractivity contribution in [2.24, 2.45) is 0 Å². The molecule has 0 N–H and O–H groups in total. The molecular weight excluding hydrogens is 252 g/mol. The van der Waals surface area contributed by atoms with E-state index in [1.807, 2.05) is 61.6 Å². The Morgan fingerprint density at radius 1 is 1.10 bits per heavy atom. The highest BCUT2D eigenvalue weighted by molar-refractivity contribution is 5.84. The highest BCUT2D eigenvalue weighted by Crippen LogP contribution is 2.30. The van der Waals surface area contributed by atoms with Crippen LogP contribution in [0.1, 0.15) is 0 Å². The lowest BCUT2D eigenvalue weighted by Crippen LogP contribution is -2.09. The van der Waals surface area contributed by atoms with Gasteiger partial charge in [-0.3, -0.25) is 0 Å². The highest BCUT2D eigenvalue weighted by atomic mass is 16.5. The Morgan fingerprint density at radius 2 is 1.95 bits per heavy atom. The summed E-state index contributed by atoms with van der Waals surface area (Å²) in [4.78, 5) is 6.37. The molecule has 0 amide bonds. The van der Waals surface area contributed by atoms with Crippen molar-refractivity contribution < 1.29 is 9.15 Å². The smallest absolute Gasteiger partial charge is 0.136 e. The summed E-state index contributed by atoms with van der Waals surface area (Å²) < 4.78 is 11.1. The second kappa shape index (κ2) is 4.89. The molecule has 4 nitrogen and oxygen atoms in total. The predicted octanol–water partition coefficient (Wildman–Crippen LogP) is 3.57. The fourth-order valence-electron chi connectivity index (χ4n) is 2.09. The van der Waals surface area contributed by atoms with Crippen LogP contribution in [0.15, 0.2) is 47.0 Å². The van der Waals surface area contributed by atoms with Crippen molar-refractivity contribution >= 4 is 16.8 Å². The molecule has 0 fully saturated rings. The molecule has 2 aromatic heterocycles. The lowest BCUT2D eigenvalue weighted by atomic mass is 10.2. The first kappa shape index (κ1) is 12.5. The third-order valence-electron chi connectivity index (χ3n) is 3.21. The van der Waals surface area contributed by atoms with E-state index in [0.29, 0.717) is 0 Å². The lowest BCUT2D eigenvalue weighted by Gasteiger charge is -2.10. The Hall–Kier alpha value is -2.49. The van der Waals surface area contributed by atoms with Crippen LogP contribution in [0.5, 0.6) is 5.75 Å². The van der Waals surface area contributed by atoms with Gasteiger partial charge in [-0.15, -0.1) is 0 Å². The van der Waals surface area contributed by atoms with Gasteiger partial charge in [-0.25, -0.2) is 4.98 Å². The molecule has 0 aliphatic heterocycles. The van der Waals surface area contributed by atoms with Gasteiger partial charge in [0, 0.05) is 31.2 Å². The van der Waals surface area contributed by atoms with E-state index in [0.717, 1.165) is 33.9 Å². The minimum Gasteiger partial charge on any atom is -0.497 e. The summed E-state index contributed by atoms with van der Waals surface area (Å²) in [7, 11) is 5.59. The van der Waals surface area contributed by atoms with E-state index >= 15 is 0 Å². The fraction of sp³-hybridized carbons (Fsp3) is 0.188. The van der Waals surface area contributed by atoms with Gasteiger partial charge in [-0.1, -0.05) is 0 Å². The molecule has 1 aromatic carbocycles. The monoisotopic (exact) mass is 268 g/mol. The van der Waals surface area contributed by atoms with Crippen molar-refractivity contribution in [1.82, 2.24) is 4.98 Å². The molecule has 3 aromatic rings. The van der Waals surface area contributed by atoms with Gasteiger partial charge in [0.2, 0.25) is 0 Å². The third-order valence-corrected chi connectivity index (χ3v) is 3.21. The zero-order valence-corrected chi connectivity index (χ0v) is 11.8. The maximum Gasteiger partial charge on any atom is 0.136 e. The van der Waals surface area contributed by atoms with E-state index < -0.39 is 0 Å². The number of ether oxygens (including phenoxy) is 1. The number of fused-ring (bicyclic) bond motifs is 1. The quantitative estimate of drug-likeness (QED) is 0.728. The van der Waals surface area contributed by atoms with Crippen LogP contribution in [-0.2, 0) is 0 Å². The second-order valence-electron chi connectivity index (χ2n) is 4.81. The Kier molecular flexibility index (Phi) is 3.06. The zero-order valence-electron chi connectivity index (χ0n) is 11.8. The van der Waals surface area contributed by atoms with Crippen molar-refractivity contribution in [2.75, 3.05) is 26.1 Å². The average Bonchev–Trinajstić information content (AvgIpc) is 2.90. The largest absolute Gasteiger partial charge is 0.497 e. The van der Waals surface area contributed by atoms with E-state index in [9.17, 15) is 0 Å². The van der Waals surface area contributed by atoms with E-state index in [1.54, 1.807) is 7.11 Å². The Balaban J connectivity index is 2.01. The molecule has 0 aliphatic carbocycles. The molecule has 2 heterocycles. The van der Waals surface area contributed by atoms with Gasteiger partial charge in [0.15, 0.2) is 0 Å². The molecule has 102 valence electrons. The Bertz CT molecular complexity index is 730. The van der Waals surface area contributed by atoms with Crippen LogP contribution in [-0.4, -0.2) is 26.2 Å². The summed E-state index contributed by atoms with van der Waals surface area (Å²) in [5, 5.41) is 1.02. The third kappa shape index (κ3) is 2.20. The number of aromatic nitrogens is 1. The Morgan fingerprint density at radius 3 is 2.60 bits per heavy atom. The number of anilines is 1. The van der Waals surface area contributed by atoms with E-state index in [1.165, 1.54) is 0 Å². The van der Waals surface area contributed by atoms with E-state index in [-0.39, 0.29) is 0 Å². The van der Waals surface area contributed by atoms with Crippen molar-refractivity contribution in [2.45, 2.75) is 0 Å². The standard InChI is InChI=1S/C16H16N2O2/c1-18(2)16-7-4-11(10-17-16)15-9-12-8-13(19-3)5-6-14(12)20-15/h4-10H,1-3H3. The van der Waals surface area contributed by atoms with E-state index in [2.05, 4.69) is 4.98 Å². The van der Waals surface area contributed by atoms with Crippen LogP contribution in [0.2, 0.25) is 0 Å². The molecular formula is C16H16N2O2. The maximum atomic E-state index is 5.84. The second-order valence-corrected chi connectivity index (χ2v) is 4.81. The van der Waals surface area contributed by atoms with Crippen LogP contribution >= 0.6 is 0 Å². The molecule has 0 aliphatic rings. The summed E-state index contributed by atoms with van der Waals surface area (Å²) in [6, 6.07) is 11.8. The molecule has 0 bridgehead atoms. The number of furan rings is 1. The van der Waals surface area contributed by atoms with Crippen molar-refractivity contribution in [1.29, 1.82) is 0 Å². The molecule has 20 heavy (non-hydrogen) atoms. The van der Waals surface area contributed by atoms with Crippen LogP contribution in [0.25, 0.3) is 22.3 Å². The molecule has 3 rings (SSSR count). The van der Waals surface area contributed by atoms with Gasteiger partial charge >= 0.3 is 0 Å². The van der Waals surface area contributed by atoms with Gasteiger partial charge in [0.1, 0.15) is 22.9 Å². The first-order chi connectivity index (χ1) is 9.67. The number of methoxy groups -OCH3 is 1. The van der Waals surface area contributed by atoms with E-state index in [4.69, 9.17) is 9.15 Å². The molecule has 0 saturated heterocycles. The maximum absolute atomic E-state index is 5.84. The first-order valence-electron chi connectivity index (χ1n) is 6.39.